The van der Waals surface area contributed by atoms with Crippen LogP contribution in [0.25, 0.3) is 11.1 Å². The quantitative estimate of drug-likeness (QED) is 0.662. The summed E-state index contributed by atoms with van der Waals surface area (Å²) in [6, 6.07) is 9.46. The largest absolute Gasteiger partial charge is 0.493 e. The molecule has 1 heterocycles. The highest BCUT2D eigenvalue weighted by atomic mass is 35.5. The van der Waals surface area contributed by atoms with Crippen LogP contribution in [0.15, 0.2) is 30.3 Å². The van der Waals surface area contributed by atoms with Crippen LogP contribution in [0.3, 0.4) is 0 Å². The zero-order valence-corrected chi connectivity index (χ0v) is 12.3. The minimum Gasteiger partial charge on any atom is -0.493 e. The van der Waals surface area contributed by atoms with Gasteiger partial charge in [-0.2, -0.15) is 0 Å². The van der Waals surface area contributed by atoms with Crippen molar-refractivity contribution in [2.75, 3.05) is 6.61 Å². The monoisotopic (exact) mass is 312 g/mol. The van der Waals surface area contributed by atoms with E-state index in [4.69, 9.17) is 39.5 Å². The molecule has 1 aliphatic rings. The van der Waals surface area contributed by atoms with Crippen LogP contribution in [0, 0.1) is 0 Å². The summed E-state index contributed by atoms with van der Waals surface area (Å²) in [5, 5.41) is 1.62. The molecule has 0 saturated heterocycles. The average molecular weight is 314 g/mol. The molecular weight excluding hydrogens is 303 g/mol. The lowest BCUT2D eigenvalue weighted by Crippen LogP contribution is -2.09. The fraction of sp³-hybridized carbons (Fsp3) is 0.200. The lowest BCUT2D eigenvalue weighted by Gasteiger charge is -2.21. The SMILES string of the molecule is Clc1cc(Cl)c(-c2cccc3c2OCCC3)c(Cl)c1. The predicted octanol–water partition coefficient (Wildman–Crippen LogP) is 5.64. The zero-order chi connectivity index (χ0) is 13.4. The molecule has 0 bridgehead atoms. The Morgan fingerprint density at radius 1 is 1.00 bits per heavy atom. The van der Waals surface area contributed by atoms with E-state index in [1.807, 2.05) is 12.1 Å². The van der Waals surface area contributed by atoms with Crippen molar-refractivity contribution in [1.82, 2.24) is 0 Å². The van der Waals surface area contributed by atoms with Gasteiger partial charge in [0, 0.05) is 16.1 Å². The number of benzene rings is 2. The van der Waals surface area contributed by atoms with Gasteiger partial charge < -0.3 is 4.74 Å². The third kappa shape index (κ3) is 2.43. The van der Waals surface area contributed by atoms with Crippen LogP contribution in [0.5, 0.6) is 5.75 Å². The fourth-order valence-electron chi connectivity index (χ4n) is 2.39. The molecule has 0 atom stereocenters. The molecule has 98 valence electrons. The van der Waals surface area contributed by atoms with Crippen molar-refractivity contribution in [3.8, 4) is 16.9 Å². The summed E-state index contributed by atoms with van der Waals surface area (Å²) in [5.41, 5.74) is 2.92. The van der Waals surface area contributed by atoms with E-state index in [1.54, 1.807) is 12.1 Å². The second-order valence-electron chi connectivity index (χ2n) is 4.49. The Morgan fingerprint density at radius 2 is 1.74 bits per heavy atom. The molecule has 0 unspecified atom stereocenters. The second-order valence-corrected chi connectivity index (χ2v) is 5.74. The van der Waals surface area contributed by atoms with E-state index in [-0.39, 0.29) is 0 Å². The first kappa shape index (κ1) is 13.1. The maximum Gasteiger partial charge on any atom is 0.130 e. The van der Waals surface area contributed by atoms with Gasteiger partial charge in [0.2, 0.25) is 0 Å². The van der Waals surface area contributed by atoms with Crippen LogP contribution in [0.4, 0.5) is 0 Å². The van der Waals surface area contributed by atoms with Gasteiger partial charge in [-0.1, -0.05) is 53.0 Å². The second kappa shape index (κ2) is 5.24. The minimum atomic E-state index is 0.532. The summed E-state index contributed by atoms with van der Waals surface area (Å²) >= 11 is 18.5. The first-order valence-electron chi connectivity index (χ1n) is 6.06. The molecule has 0 radical (unpaired) electrons. The number of ether oxygens (including phenoxy) is 1. The lowest BCUT2D eigenvalue weighted by molar-refractivity contribution is 0.289. The number of rotatable bonds is 1. The molecule has 0 fully saturated rings. The Bertz CT molecular complexity index is 614. The molecule has 4 heteroatoms. The summed E-state index contributed by atoms with van der Waals surface area (Å²) in [6.07, 6.45) is 2.06. The van der Waals surface area contributed by atoms with Crippen LogP contribution in [-0.2, 0) is 6.42 Å². The highest BCUT2D eigenvalue weighted by Crippen LogP contribution is 2.43. The Kier molecular flexibility index (Phi) is 3.62. The summed E-state index contributed by atoms with van der Waals surface area (Å²) in [5.74, 6) is 0.889. The maximum absolute atomic E-state index is 6.29. The molecule has 1 aliphatic heterocycles. The van der Waals surface area contributed by atoms with Crippen LogP contribution in [-0.4, -0.2) is 6.61 Å². The van der Waals surface area contributed by atoms with Crippen molar-refractivity contribution in [1.29, 1.82) is 0 Å². The van der Waals surface area contributed by atoms with Gasteiger partial charge in [-0.25, -0.2) is 0 Å². The highest BCUT2D eigenvalue weighted by Gasteiger charge is 2.19. The number of hydrogen-bond donors (Lipinski definition) is 0. The Labute approximate surface area is 127 Å². The maximum atomic E-state index is 6.29. The third-order valence-electron chi connectivity index (χ3n) is 3.21. The molecule has 3 rings (SSSR count). The first-order valence-corrected chi connectivity index (χ1v) is 7.20. The van der Waals surface area contributed by atoms with E-state index in [0.717, 1.165) is 36.3 Å². The van der Waals surface area contributed by atoms with Crippen molar-refractivity contribution in [2.45, 2.75) is 12.8 Å². The normalized spacial score (nSPS) is 13.8. The molecule has 2 aromatic rings. The molecule has 2 aromatic carbocycles. The zero-order valence-electron chi connectivity index (χ0n) is 10.1. The topological polar surface area (TPSA) is 9.23 Å². The van der Waals surface area contributed by atoms with Crippen LogP contribution in [0.1, 0.15) is 12.0 Å². The van der Waals surface area contributed by atoms with E-state index in [1.165, 1.54) is 5.56 Å². The molecule has 1 nitrogen and oxygen atoms in total. The standard InChI is InChI=1S/C15H11Cl3O/c16-10-7-12(17)14(13(18)8-10)11-5-1-3-9-4-2-6-19-15(9)11/h1,3,5,7-8H,2,4,6H2. The lowest BCUT2D eigenvalue weighted by atomic mass is 9.97. The van der Waals surface area contributed by atoms with Gasteiger partial charge in [-0.05, 0) is 30.5 Å². The highest BCUT2D eigenvalue weighted by molar-refractivity contribution is 6.41. The van der Waals surface area contributed by atoms with E-state index in [9.17, 15) is 0 Å². The first-order chi connectivity index (χ1) is 9.16. The molecule has 0 N–H and O–H groups in total. The van der Waals surface area contributed by atoms with Gasteiger partial charge in [-0.15, -0.1) is 0 Å². The van der Waals surface area contributed by atoms with Gasteiger partial charge in [0.25, 0.3) is 0 Å². The summed E-state index contributed by atoms with van der Waals surface area (Å²) in [4.78, 5) is 0. The molecule has 0 spiro atoms. The average Bonchev–Trinajstić information content (AvgIpc) is 2.38. The van der Waals surface area contributed by atoms with Crippen LogP contribution in [0.2, 0.25) is 15.1 Å². The minimum absolute atomic E-state index is 0.532. The van der Waals surface area contributed by atoms with E-state index >= 15 is 0 Å². The number of hydrogen-bond acceptors (Lipinski definition) is 1. The smallest absolute Gasteiger partial charge is 0.130 e. The van der Waals surface area contributed by atoms with Gasteiger partial charge in [0.15, 0.2) is 0 Å². The van der Waals surface area contributed by atoms with E-state index in [0.29, 0.717) is 15.1 Å². The van der Waals surface area contributed by atoms with Crippen molar-refractivity contribution in [3.63, 3.8) is 0 Å². The van der Waals surface area contributed by atoms with Crippen molar-refractivity contribution >= 4 is 34.8 Å². The number of fused-ring (bicyclic) bond motifs is 1. The van der Waals surface area contributed by atoms with E-state index < -0.39 is 0 Å². The predicted molar refractivity (Wildman–Crippen MR) is 80.7 cm³/mol. The van der Waals surface area contributed by atoms with Crippen molar-refractivity contribution in [3.05, 3.63) is 51.0 Å². The van der Waals surface area contributed by atoms with E-state index in [2.05, 4.69) is 6.07 Å². The molecule has 0 aliphatic carbocycles. The fourth-order valence-corrected chi connectivity index (χ4v) is 3.41. The van der Waals surface area contributed by atoms with Crippen LogP contribution < -0.4 is 4.74 Å². The summed E-state index contributed by atoms with van der Waals surface area (Å²) in [6.45, 7) is 0.729. The van der Waals surface area contributed by atoms with Crippen LogP contribution >= 0.6 is 34.8 Å². The number of aryl methyl sites for hydroxylation is 1. The Balaban J connectivity index is 2.23. The third-order valence-corrected chi connectivity index (χ3v) is 4.02. The summed E-state index contributed by atoms with van der Waals surface area (Å²) in [7, 11) is 0. The summed E-state index contributed by atoms with van der Waals surface area (Å²) < 4.78 is 5.80. The van der Waals surface area contributed by atoms with Gasteiger partial charge >= 0.3 is 0 Å². The van der Waals surface area contributed by atoms with Crippen molar-refractivity contribution < 1.29 is 4.74 Å². The van der Waals surface area contributed by atoms with Gasteiger partial charge in [-0.3, -0.25) is 0 Å². The molecule has 0 aromatic heterocycles. The molecule has 0 amide bonds. The number of halogens is 3. The number of para-hydroxylation sites is 1. The molecule has 19 heavy (non-hydrogen) atoms. The van der Waals surface area contributed by atoms with Crippen molar-refractivity contribution in [2.24, 2.45) is 0 Å². The van der Waals surface area contributed by atoms with Gasteiger partial charge in [0.1, 0.15) is 5.75 Å². The Morgan fingerprint density at radius 3 is 2.47 bits per heavy atom. The van der Waals surface area contributed by atoms with Gasteiger partial charge in [0.05, 0.1) is 16.7 Å². The Hall–Kier alpha value is -0.890. The molecular formula is C15H11Cl3O. The molecule has 0 saturated carbocycles.